The normalized spacial score (nSPS) is 25.5. The predicted molar refractivity (Wildman–Crippen MR) is 74.2 cm³/mol. The van der Waals surface area contributed by atoms with Crippen molar-refractivity contribution in [1.29, 1.82) is 0 Å². The molecular formula is C15H26N2. The number of hydrogen-bond acceptors (Lipinski definition) is 2. The van der Waals surface area contributed by atoms with Gasteiger partial charge in [0.15, 0.2) is 0 Å². The summed E-state index contributed by atoms with van der Waals surface area (Å²) in [5.74, 6) is 0. The summed E-state index contributed by atoms with van der Waals surface area (Å²) in [6.45, 7) is 8.38. The van der Waals surface area contributed by atoms with Gasteiger partial charge in [-0.3, -0.25) is 9.80 Å². The van der Waals surface area contributed by atoms with Crippen LogP contribution in [0.25, 0.3) is 0 Å². The second-order valence-electron chi connectivity index (χ2n) is 5.20. The van der Waals surface area contributed by atoms with Gasteiger partial charge in [0.25, 0.3) is 0 Å². The van der Waals surface area contributed by atoms with Crippen LogP contribution in [0.5, 0.6) is 0 Å². The van der Waals surface area contributed by atoms with E-state index in [1.165, 1.54) is 51.9 Å². The van der Waals surface area contributed by atoms with Crippen molar-refractivity contribution >= 4 is 0 Å². The zero-order valence-electron chi connectivity index (χ0n) is 11.1. The molecule has 2 aliphatic heterocycles. The molecule has 1 atom stereocenters. The second kappa shape index (κ2) is 6.97. The van der Waals surface area contributed by atoms with E-state index in [1.54, 1.807) is 0 Å². The summed E-state index contributed by atoms with van der Waals surface area (Å²) < 4.78 is 0. The number of nitrogens with zero attached hydrogens (tertiary/aromatic N) is 2. The fraction of sp³-hybridized carbons (Fsp3) is 0.733. The molecule has 0 N–H and O–H groups in total. The predicted octanol–water partition coefficient (Wildman–Crippen LogP) is 2.68. The lowest BCUT2D eigenvalue weighted by atomic mass is 10.2. The molecule has 2 saturated heterocycles. The van der Waals surface area contributed by atoms with Crippen LogP contribution in [-0.2, 0) is 0 Å². The topological polar surface area (TPSA) is 6.48 Å². The lowest BCUT2D eigenvalue weighted by Gasteiger charge is -2.22. The molecule has 17 heavy (non-hydrogen) atoms. The average molecular weight is 234 g/mol. The van der Waals surface area contributed by atoms with Gasteiger partial charge < -0.3 is 0 Å². The van der Waals surface area contributed by atoms with E-state index in [9.17, 15) is 0 Å². The Morgan fingerprint density at radius 2 is 1.59 bits per heavy atom. The molecule has 0 aromatic rings. The SMILES string of the molecule is CC=CC(C=CCN1CCCC1)N1CCCC1. The van der Waals surface area contributed by atoms with Crippen LogP contribution in [-0.4, -0.2) is 48.6 Å². The first-order chi connectivity index (χ1) is 8.40. The van der Waals surface area contributed by atoms with E-state index >= 15 is 0 Å². The zero-order valence-corrected chi connectivity index (χ0v) is 11.1. The third-order valence-electron chi connectivity index (χ3n) is 3.85. The second-order valence-corrected chi connectivity index (χ2v) is 5.20. The first-order valence-electron chi connectivity index (χ1n) is 7.16. The van der Waals surface area contributed by atoms with Crippen molar-refractivity contribution in [3.05, 3.63) is 24.3 Å². The van der Waals surface area contributed by atoms with Crippen molar-refractivity contribution in [2.75, 3.05) is 32.7 Å². The van der Waals surface area contributed by atoms with Crippen molar-refractivity contribution in [1.82, 2.24) is 9.80 Å². The maximum Gasteiger partial charge on any atom is 0.0462 e. The summed E-state index contributed by atoms with van der Waals surface area (Å²) in [6.07, 6.45) is 14.8. The molecule has 2 nitrogen and oxygen atoms in total. The van der Waals surface area contributed by atoms with Crippen LogP contribution < -0.4 is 0 Å². The van der Waals surface area contributed by atoms with Crippen LogP contribution in [0.15, 0.2) is 24.3 Å². The fourth-order valence-electron chi connectivity index (χ4n) is 2.86. The highest BCUT2D eigenvalue weighted by atomic mass is 15.2. The average Bonchev–Trinajstić information content (AvgIpc) is 3.01. The molecular weight excluding hydrogens is 208 g/mol. The Bertz CT molecular complexity index is 258. The number of rotatable bonds is 5. The van der Waals surface area contributed by atoms with E-state index in [2.05, 4.69) is 41.0 Å². The smallest absolute Gasteiger partial charge is 0.0462 e. The molecule has 0 aromatic heterocycles. The van der Waals surface area contributed by atoms with Crippen molar-refractivity contribution in [3.63, 3.8) is 0 Å². The third kappa shape index (κ3) is 3.97. The monoisotopic (exact) mass is 234 g/mol. The van der Waals surface area contributed by atoms with Gasteiger partial charge in [0, 0.05) is 12.6 Å². The van der Waals surface area contributed by atoms with Crippen LogP contribution in [0, 0.1) is 0 Å². The van der Waals surface area contributed by atoms with Gasteiger partial charge in [0.2, 0.25) is 0 Å². The van der Waals surface area contributed by atoms with Crippen molar-refractivity contribution in [3.8, 4) is 0 Å². The molecule has 2 heteroatoms. The Hall–Kier alpha value is -0.600. The molecule has 96 valence electrons. The summed E-state index contributed by atoms with van der Waals surface area (Å²) in [7, 11) is 0. The lowest BCUT2D eigenvalue weighted by molar-refractivity contribution is 0.320. The molecule has 0 amide bonds. The molecule has 2 rings (SSSR count). The summed E-state index contributed by atoms with van der Waals surface area (Å²) in [5.41, 5.74) is 0. The molecule has 2 fully saturated rings. The lowest BCUT2D eigenvalue weighted by Crippen LogP contribution is -2.29. The Kier molecular flexibility index (Phi) is 5.27. The molecule has 0 aromatic carbocycles. The Balaban J connectivity index is 1.80. The van der Waals surface area contributed by atoms with Crippen LogP contribution in [0.4, 0.5) is 0 Å². The minimum atomic E-state index is 0.533. The first kappa shape index (κ1) is 12.8. The van der Waals surface area contributed by atoms with Gasteiger partial charge in [-0.15, -0.1) is 0 Å². The third-order valence-corrected chi connectivity index (χ3v) is 3.85. The Morgan fingerprint density at radius 3 is 2.24 bits per heavy atom. The summed E-state index contributed by atoms with van der Waals surface area (Å²) >= 11 is 0. The molecule has 2 aliphatic rings. The van der Waals surface area contributed by atoms with E-state index in [0.717, 1.165) is 6.54 Å². The Labute approximate surface area is 106 Å². The molecule has 2 heterocycles. The van der Waals surface area contributed by atoms with E-state index < -0.39 is 0 Å². The number of likely N-dealkylation sites (tertiary alicyclic amines) is 2. The standard InChI is InChI=1S/C15H26N2/c1-2-8-15(17-13-5-6-14-17)9-7-12-16-10-3-4-11-16/h2,7-9,15H,3-6,10-14H2,1H3. The van der Waals surface area contributed by atoms with Crippen LogP contribution in [0.2, 0.25) is 0 Å². The van der Waals surface area contributed by atoms with Crippen molar-refractivity contribution < 1.29 is 0 Å². The van der Waals surface area contributed by atoms with E-state index in [4.69, 9.17) is 0 Å². The molecule has 0 spiro atoms. The number of allylic oxidation sites excluding steroid dienone is 1. The molecule has 0 radical (unpaired) electrons. The first-order valence-corrected chi connectivity index (χ1v) is 7.16. The van der Waals surface area contributed by atoms with Crippen molar-refractivity contribution in [2.24, 2.45) is 0 Å². The highest BCUT2D eigenvalue weighted by molar-refractivity contribution is 5.07. The molecule has 1 unspecified atom stereocenters. The van der Waals surface area contributed by atoms with Crippen LogP contribution in [0.1, 0.15) is 32.6 Å². The van der Waals surface area contributed by atoms with Gasteiger partial charge in [-0.1, -0.05) is 24.3 Å². The number of hydrogen-bond donors (Lipinski definition) is 0. The van der Waals surface area contributed by atoms with Crippen LogP contribution in [0.3, 0.4) is 0 Å². The van der Waals surface area contributed by atoms with E-state index in [0.29, 0.717) is 6.04 Å². The summed E-state index contributed by atoms with van der Waals surface area (Å²) in [6, 6.07) is 0.533. The highest BCUT2D eigenvalue weighted by Crippen LogP contribution is 2.14. The molecule has 0 bridgehead atoms. The maximum absolute atomic E-state index is 2.58. The zero-order chi connectivity index (χ0) is 11.9. The minimum Gasteiger partial charge on any atom is -0.300 e. The largest absolute Gasteiger partial charge is 0.300 e. The van der Waals surface area contributed by atoms with Gasteiger partial charge in [-0.25, -0.2) is 0 Å². The quantitative estimate of drug-likeness (QED) is 0.675. The minimum absolute atomic E-state index is 0.533. The summed E-state index contributed by atoms with van der Waals surface area (Å²) in [5, 5.41) is 0. The maximum atomic E-state index is 2.58. The fourth-order valence-corrected chi connectivity index (χ4v) is 2.86. The van der Waals surface area contributed by atoms with E-state index in [1.807, 2.05) is 0 Å². The Morgan fingerprint density at radius 1 is 0.941 bits per heavy atom. The molecule has 0 aliphatic carbocycles. The van der Waals surface area contributed by atoms with Gasteiger partial charge >= 0.3 is 0 Å². The van der Waals surface area contributed by atoms with Crippen LogP contribution >= 0.6 is 0 Å². The van der Waals surface area contributed by atoms with Gasteiger partial charge in [0.1, 0.15) is 0 Å². The highest BCUT2D eigenvalue weighted by Gasteiger charge is 2.17. The van der Waals surface area contributed by atoms with Gasteiger partial charge in [0.05, 0.1) is 0 Å². The molecule has 0 saturated carbocycles. The van der Waals surface area contributed by atoms with E-state index in [-0.39, 0.29) is 0 Å². The summed E-state index contributed by atoms with van der Waals surface area (Å²) in [4.78, 5) is 5.13. The van der Waals surface area contributed by atoms with Crippen molar-refractivity contribution in [2.45, 2.75) is 38.6 Å². The van der Waals surface area contributed by atoms with Gasteiger partial charge in [-0.05, 0) is 58.8 Å². The van der Waals surface area contributed by atoms with Gasteiger partial charge in [-0.2, -0.15) is 0 Å².